The highest BCUT2D eigenvalue weighted by atomic mass is 16.6. The Morgan fingerprint density at radius 1 is 0.958 bits per heavy atom. The third-order valence-electron chi connectivity index (χ3n) is 3.61. The molecule has 7 heteroatoms. The summed E-state index contributed by atoms with van der Waals surface area (Å²) in [4.78, 5) is 23.5. The number of rotatable bonds is 6. The van der Waals surface area contributed by atoms with E-state index < -0.39 is 10.7 Å². The van der Waals surface area contributed by atoms with Crippen LogP contribution in [0.1, 0.15) is 21.5 Å². The molecule has 0 aromatic heterocycles. The van der Waals surface area contributed by atoms with E-state index in [2.05, 4.69) is 0 Å². The smallest absolute Gasteiger partial charge is 0.284 e. The number of nitro benzene ring substituents is 1. The van der Waals surface area contributed by atoms with Crippen molar-refractivity contribution in [2.75, 3.05) is 21.3 Å². The Balaban J connectivity index is 2.61. The summed E-state index contributed by atoms with van der Waals surface area (Å²) in [5.41, 5.74) is 0.712. The first-order chi connectivity index (χ1) is 11.4. The summed E-state index contributed by atoms with van der Waals surface area (Å²) in [6, 6.07) is 7.36. The van der Waals surface area contributed by atoms with Crippen molar-refractivity contribution in [2.24, 2.45) is 0 Å². The van der Waals surface area contributed by atoms with Gasteiger partial charge in [0, 0.05) is 11.6 Å². The number of hydrogen-bond acceptors (Lipinski definition) is 6. The van der Waals surface area contributed by atoms with Gasteiger partial charge < -0.3 is 14.2 Å². The van der Waals surface area contributed by atoms with Gasteiger partial charge in [-0.3, -0.25) is 14.9 Å². The average molecular weight is 331 g/mol. The molecule has 0 aliphatic rings. The number of nitro groups is 1. The van der Waals surface area contributed by atoms with Gasteiger partial charge in [0.25, 0.3) is 5.69 Å². The van der Waals surface area contributed by atoms with E-state index in [0.29, 0.717) is 5.75 Å². The summed E-state index contributed by atoms with van der Waals surface area (Å²) in [5, 5.41) is 11.3. The first-order valence-corrected chi connectivity index (χ1v) is 7.02. The Kier molecular flexibility index (Phi) is 5.03. The zero-order valence-electron chi connectivity index (χ0n) is 13.8. The van der Waals surface area contributed by atoms with Gasteiger partial charge in [-0.05, 0) is 18.6 Å². The lowest BCUT2D eigenvalue weighted by atomic mass is 9.99. The largest absolute Gasteiger partial charge is 0.496 e. The van der Waals surface area contributed by atoms with Crippen LogP contribution in [0.5, 0.6) is 17.2 Å². The highest BCUT2D eigenvalue weighted by Gasteiger charge is 2.25. The van der Waals surface area contributed by atoms with Gasteiger partial charge in [-0.15, -0.1) is 0 Å². The molecule has 0 radical (unpaired) electrons. The molecule has 126 valence electrons. The number of ether oxygens (including phenoxy) is 3. The number of hydrogen-bond donors (Lipinski definition) is 0. The lowest BCUT2D eigenvalue weighted by Crippen LogP contribution is -2.07. The Morgan fingerprint density at radius 3 is 2.08 bits per heavy atom. The number of benzene rings is 2. The second-order valence-electron chi connectivity index (χ2n) is 4.99. The van der Waals surface area contributed by atoms with Crippen molar-refractivity contribution < 1.29 is 23.9 Å². The maximum atomic E-state index is 12.8. The van der Waals surface area contributed by atoms with Crippen LogP contribution in [0.3, 0.4) is 0 Å². The van der Waals surface area contributed by atoms with Crippen LogP contribution in [-0.4, -0.2) is 32.0 Å². The van der Waals surface area contributed by atoms with Gasteiger partial charge in [0.1, 0.15) is 11.3 Å². The minimum atomic E-state index is -0.624. The molecule has 0 spiro atoms. The lowest BCUT2D eigenvalue weighted by molar-refractivity contribution is -0.385. The van der Waals surface area contributed by atoms with Crippen molar-refractivity contribution in [2.45, 2.75) is 6.92 Å². The van der Waals surface area contributed by atoms with Crippen LogP contribution in [0.15, 0.2) is 30.3 Å². The third-order valence-corrected chi connectivity index (χ3v) is 3.61. The topological polar surface area (TPSA) is 87.9 Å². The molecule has 0 heterocycles. The summed E-state index contributed by atoms with van der Waals surface area (Å²) >= 11 is 0. The molecule has 0 atom stereocenters. The fourth-order valence-corrected chi connectivity index (χ4v) is 2.32. The Hall–Kier alpha value is -3.09. The van der Waals surface area contributed by atoms with E-state index in [1.807, 2.05) is 6.92 Å². The Morgan fingerprint density at radius 2 is 1.54 bits per heavy atom. The van der Waals surface area contributed by atoms with Crippen LogP contribution in [-0.2, 0) is 0 Å². The van der Waals surface area contributed by atoms with Crippen LogP contribution in [0, 0.1) is 17.0 Å². The SMILES string of the molecule is COc1cc(C(=O)c2cc(OC)c(OC)cc2[N+](=O)[O-])ccc1C. The average Bonchev–Trinajstić information content (AvgIpc) is 2.60. The molecule has 0 saturated heterocycles. The molecule has 7 nitrogen and oxygen atoms in total. The van der Waals surface area contributed by atoms with Crippen LogP contribution in [0.25, 0.3) is 0 Å². The maximum Gasteiger partial charge on any atom is 0.284 e. The van der Waals surface area contributed by atoms with Gasteiger partial charge >= 0.3 is 0 Å². The van der Waals surface area contributed by atoms with Gasteiger partial charge in [0.2, 0.25) is 0 Å². The summed E-state index contributed by atoms with van der Waals surface area (Å²) < 4.78 is 15.4. The number of nitrogens with zero attached hydrogens (tertiary/aromatic N) is 1. The van der Waals surface area contributed by atoms with E-state index in [4.69, 9.17) is 14.2 Å². The van der Waals surface area contributed by atoms with Crippen molar-refractivity contribution in [3.8, 4) is 17.2 Å². The standard InChI is InChI=1S/C17H17NO6/c1-10-5-6-11(7-14(10)22-2)17(19)12-8-15(23-3)16(24-4)9-13(12)18(20)21/h5-9H,1-4H3. The number of carbonyl (C=O) groups excluding carboxylic acids is 1. The molecule has 2 aromatic carbocycles. The fraction of sp³-hybridized carbons (Fsp3) is 0.235. The van der Waals surface area contributed by atoms with Gasteiger partial charge in [-0.2, -0.15) is 0 Å². The minimum absolute atomic E-state index is 0.0800. The first-order valence-electron chi connectivity index (χ1n) is 7.02. The summed E-state index contributed by atoms with van der Waals surface area (Å²) in [7, 11) is 4.26. The van der Waals surface area contributed by atoms with Crippen LogP contribution < -0.4 is 14.2 Å². The number of ketones is 1. The highest BCUT2D eigenvalue weighted by molar-refractivity contribution is 6.12. The molecule has 0 amide bonds. The van der Waals surface area contributed by atoms with Gasteiger partial charge in [-0.25, -0.2) is 0 Å². The van der Waals surface area contributed by atoms with Gasteiger partial charge in [0.05, 0.1) is 32.3 Å². The first kappa shape index (κ1) is 17.3. The molecule has 2 rings (SSSR count). The summed E-state index contributed by atoms with van der Waals surface area (Å²) in [6.07, 6.45) is 0. The fourth-order valence-electron chi connectivity index (χ4n) is 2.32. The maximum absolute atomic E-state index is 12.8. The quantitative estimate of drug-likeness (QED) is 0.459. The van der Waals surface area contributed by atoms with Crippen molar-refractivity contribution in [1.82, 2.24) is 0 Å². The van der Waals surface area contributed by atoms with Crippen LogP contribution in [0.2, 0.25) is 0 Å². The minimum Gasteiger partial charge on any atom is -0.496 e. The van der Waals surface area contributed by atoms with Crippen molar-refractivity contribution >= 4 is 11.5 Å². The number of carbonyl (C=O) groups is 1. The summed E-state index contributed by atoms with van der Waals surface area (Å²) in [5.74, 6) is 0.456. The van der Waals surface area contributed by atoms with E-state index >= 15 is 0 Å². The molecule has 2 aromatic rings. The molecule has 0 bridgehead atoms. The van der Waals surface area contributed by atoms with E-state index in [1.54, 1.807) is 18.2 Å². The van der Waals surface area contributed by atoms with E-state index in [0.717, 1.165) is 5.56 Å². The highest BCUT2D eigenvalue weighted by Crippen LogP contribution is 2.36. The van der Waals surface area contributed by atoms with E-state index in [-0.39, 0.29) is 28.3 Å². The number of methoxy groups -OCH3 is 3. The normalized spacial score (nSPS) is 10.2. The predicted molar refractivity (Wildman–Crippen MR) is 87.4 cm³/mol. The van der Waals surface area contributed by atoms with Crippen LogP contribution in [0.4, 0.5) is 5.69 Å². The molecule has 0 fully saturated rings. The van der Waals surface area contributed by atoms with E-state index in [1.165, 1.54) is 33.5 Å². The molecule has 0 aliphatic heterocycles. The molecule has 0 N–H and O–H groups in total. The molecule has 0 unspecified atom stereocenters. The molecule has 0 aliphatic carbocycles. The number of aryl methyl sites for hydroxylation is 1. The second-order valence-corrected chi connectivity index (χ2v) is 4.99. The van der Waals surface area contributed by atoms with Crippen molar-refractivity contribution in [1.29, 1.82) is 0 Å². The molecule has 24 heavy (non-hydrogen) atoms. The molecular formula is C17H17NO6. The van der Waals surface area contributed by atoms with E-state index in [9.17, 15) is 14.9 Å². The zero-order chi connectivity index (χ0) is 17.9. The predicted octanol–water partition coefficient (Wildman–Crippen LogP) is 3.16. The molecule has 0 saturated carbocycles. The van der Waals surface area contributed by atoms with Crippen LogP contribution >= 0.6 is 0 Å². The van der Waals surface area contributed by atoms with Crippen molar-refractivity contribution in [3.05, 3.63) is 57.1 Å². The van der Waals surface area contributed by atoms with Gasteiger partial charge in [0.15, 0.2) is 17.3 Å². The Bertz CT molecular complexity index is 800. The monoisotopic (exact) mass is 331 g/mol. The third kappa shape index (κ3) is 3.15. The zero-order valence-corrected chi connectivity index (χ0v) is 13.8. The van der Waals surface area contributed by atoms with Gasteiger partial charge in [-0.1, -0.05) is 12.1 Å². The molecular weight excluding hydrogens is 314 g/mol. The Labute approximate surface area is 138 Å². The second kappa shape index (κ2) is 6.99. The summed E-state index contributed by atoms with van der Waals surface area (Å²) in [6.45, 7) is 1.84. The van der Waals surface area contributed by atoms with Crippen molar-refractivity contribution in [3.63, 3.8) is 0 Å². The lowest BCUT2D eigenvalue weighted by Gasteiger charge is -2.11.